The predicted octanol–water partition coefficient (Wildman–Crippen LogP) is 2.36. The fraction of sp³-hybridized carbons (Fsp3) is 0.833. The minimum absolute atomic E-state index is 0.0820. The fourth-order valence-corrected chi connectivity index (χ4v) is 1.14. The maximum atomic E-state index is 8.42. The van der Waals surface area contributed by atoms with E-state index in [0.29, 0.717) is 13.2 Å². The lowest BCUT2D eigenvalue weighted by molar-refractivity contribution is 0.115. The van der Waals surface area contributed by atoms with Gasteiger partial charge in [-0.2, -0.15) is 0 Å². The second kappa shape index (κ2) is 12.5. The molecule has 0 heterocycles. The summed E-state index contributed by atoms with van der Waals surface area (Å²) in [7, 11) is 0. The van der Waals surface area contributed by atoms with Gasteiger partial charge in [-0.05, 0) is 6.42 Å². The number of aliphatic hydroxyl groups excluding tert-OH is 1. The van der Waals surface area contributed by atoms with Crippen LogP contribution in [-0.2, 0) is 4.74 Å². The van der Waals surface area contributed by atoms with Gasteiger partial charge in [-0.15, -0.1) is 5.92 Å². The molecule has 0 aromatic rings. The minimum Gasteiger partial charge on any atom is -0.394 e. The third kappa shape index (κ3) is 11.5. The van der Waals surface area contributed by atoms with Crippen molar-refractivity contribution < 1.29 is 9.84 Å². The minimum atomic E-state index is 0.0820. The second-order valence-corrected chi connectivity index (χ2v) is 3.29. The zero-order chi connectivity index (χ0) is 10.5. The van der Waals surface area contributed by atoms with E-state index in [0.717, 1.165) is 6.42 Å². The Bertz CT molecular complexity index is 155. The second-order valence-electron chi connectivity index (χ2n) is 3.29. The van der Waals surface area contributed by atoms with Crippen LogP contribution in [0.1, 0.15) is 45.4 Å². The average molecular weight is 198 g/mol. The topological polar surface area (TPSA) is 29.5 Å². The first-order chi connectivity index (χ1) is 6.91. The quantitative estimate of drug-likeness (QED) is 0.479. The lowest BCUT2D eigenvalue weighted by Crippen LogP contribution is -1.98. The van der Waals surface area contributed by atoms with E-state index in [4.69, 9.17) is 9.84 Å². The SMILES string of the molecule is CCCCCCCC#CCOCCO. The van der Waals surface area contributed by atoms with Crippen LogP contribution in [0.15, 0.2) is 0 Å². The van der Waals surface area contributed by atoms with E-state index in [1.807, 2.05) is 0 Å². The van der Waals surface area contributed by atoms with Gasteiger partial charge >= 0.3 is 0 Å². The molecule has 14 heavy (non-hydrogen) atoms. The number of rotatable bonds is 8. The highest BCUT2D eigenvalue weighted by Gasteiger charge is 1.86. The lowest BCUT2D eigenvalue weighted by Gasteiger charge is -1.95. The summed E-state index contributed by atoms with van der Waals surface area (Å²) in [6.07, 6.45) is 7.44. The molecule has 0 bridgehead atoms. The molecule has 0 radical (unpaired) electrons. The van der Waals surface area contributed by atoms with Gasteiger partial charge in [0.2, 0.25) is 0 Å². The molecule has 0 unspecified atom stereocenters. The molecule has 0 aliphatic carbocycles. The summed E-state index contributed by atoms with van der Waals surface area (Å²) in [6, 6.07) is 0. The Balaban J connectivity index is 3.02. The lowest BCUT2D eigenvalue weighted by atomic mass is 10.1. The summed E-state index contributed by atoms with van der Waals surface area (Å²) in [4.78, 5) is 0. The Morgan fingerprint density at radius 2 is 1.86 bits per heavy atom. The van der Waals surface area contributed by atoms with Gasteiger partial charge in [-0.1, -0.05) is 38.5 Å². The monoisotopic (exact) mass is 198 g/mol. The van der Waals surface area contributed by atoms with Gasteiger partial charge < -0.3 is 9.84 Å². The van der Waals surface area contributed by atoms with Crippen molar-refractivity contribution in [2.24, 2.45) is 0 Å². The molecular formula is C12H22O2. The van der Waals surface area contributed by atoms with Crippen LogP contribution < -0.4 is 0 Å². The Hall–Kier alpha value is -0.520. The van der Waals surface area contributed by atoms with Crippen LogP contribution in [-0.4, -0.2) is 24.9 Å². The van der Waals surface area contributed by atoms with E-state index in [1.54, 1.807) is 0 Å². The van der Waals surface area contributed by atoms with Crippen molar-refractivity contribution in [2.45, 2.75) is 45.4 Å². The van der Waals surface area contributed by atoms with Gasteiger partial charge in [0.1, 0.15) is 6.61 Å². The molecule has 0 saturated carbocycles. The fourth-order valence-electron chi connectivity index (χ4n) is 1.14. The molecule has 0 saturated heterocycles. The van der Waals surface area contributed by atoms with Crippen LogP contribution in [0.4, 0.5) is 0 Å². The van der Waals surface area contributed by atoms with E-state index in [1.165, 1.54) is 32.1 Å². The van der Waals surface area contributed by atoms with Gasteiger partial charge in [0.15, 0.2) is 0 Å². The third-order valence-corrected chi connectivity index (χ3v) is 1.94. The van der Waals surface area contributed by atoms with E-state index >= 15 is 0 Å². The average Bonchev–Trinajstić information content (AvgIpc) is 2.21. The van der Waals surface area contributed by atoms with Crippen molar-refractivity contribution in [1.82, 2.24) is 0 Å². The van der Waals surface area contributed by atoms with Crippen molar-refractivity contribution in [3.63, 3.8) is 0 Å². The summed E-state index contributed by atoms with van der Waals surface area (Å²) in [5.41, 5.74) is 0. The maximum absolute atomic E-state index is 8.42. The highest BCUT2D eigenvalue weighted by Crippen LogP contribution is 2.03. The number of hydrogen-bond acceptors (Lipinski definition) is 2. The molecule has 0 rings (SSSR count). The molecule has 0 spiro atoms. The molecule has 82 valence electrons. The Morgan fingerprint density at radius 1 is 1.07 bits per heavy atom. The maximum Gasteiger partial charge on any atom is 0.107 e. The zero-order valence-corrected chi connectivity index (χ0v) is 9.22. The first-order valence-corrected chi connectivity index (χ1v) is 5.56. The van der Waals surface area contributed by atoms with Crippen LogP contribution >= 0.6 is 0 Å². The number of ether oxygens (including phenoxy) is 1. The van der Waals surface area contributed by atoms with Gasteiger partial charge in [-0.3, -0.25) is 0 Å². The van der Waals surface area contributed by atoms with Crippen molar-refractivity contribution in [2.75, 3.05) is 19.8 Å². The van der Waals surface area contributed by atoms with Crippen molar-refractivity contribution >= 4 is 0 Å². The summed E-state index contributed by atoms with van der Waals surface area (Å²) < 4.78 is 5.00. The van der Waals surface area contributed by atoms with Crippen LogP contribution in [0.25, 0.3) is 0 Å². The molecule has 0 atom stereocenters. The smallest absolute Gasteiger partial charge is 0.107 e. The molecule has 1 N–H and O–H groups in total. The summed E-state index contributed by atoms with van der Waals surface area (Å²) in [5.74, 6) is 5.99. The molecule has 0 aliphatic rings. The molecular weight excluding hydrogens is 176 g/mol. The predicted molar refractivity (Wildman–Crippen MR) is 59.1 cm³/mol. The zero-order valence-electron chi connectivity index (χ0n) is 9.22. The number of aliphatic hydroxyl groups is 1. The van der Waals surface area contributed by atoms with Crippen molar-refractivity contribution in [3.8, 4) is 11.8 Å². The van der Waals surface area contributed by atoms with Crippen molar-refractivity contribution in [1.29, 1.82) is 0 Å². The first-order valence-electron chi connectivity index (χ1n) is 5.56. The molecule has 0 aromatic carbocycles. The molecule has 2 heteroatoms. The van der Waals surface area contributed by atoms with Gasteiger partial charge in [-0.25, -0.2) is 0 Å². The Labute approximate surface area is 87.7 Å². The third-order valence-electron chi connectivity index (χ3n) is 1.94. The Morgan fingerprint density at radius 3 is 2.57 bits per heavy atom. The standard InChI is InChI=1S/C12H22O2/c1-2-3-4-5-6-7-8-9-11-14-12-10-13/h13H,2-7,10-12H2,1H3. The highest BCUT2D eigenvalue weighted by atomic mass is 16.5. The molecule has 0 fully saturated rings. The van der Waals surface area contributed by atoms with E-state index in [-0.39, 0.29) is 6.61 Å². The van der Waals surface area contributed by atoms with E-state index < -0.39 is 0 Å². The summed E-state index contributed by atoms with van der Waals surface area (Å²) in [5, 5.41) is 8.42. The van der Waals surface area contributed by atoms with Crippen LogP contribution in [0.2, 0.25) is 0 Å². The van der Waals surface area contributed by atoms with Crippen LogP contribution in [0, 0.1) is 11.8 Å². The van der Waals surface area contributed by atoms with Crippen molar-refractivity contribution in [3.05, 3.63) is 0 Å². The number of hydrogen-bond donors (Lipinski definition) is 1. The van der Waals surface area contributed by atoms with Crippen LogP contribution in [0.3, 0.4) is 0 Å². The van der Waals surface area contributed by atoms with Crippen LogP contribution in [0.5, 0.6) is 0 Å². The van der Waals surface area contributed by atoms with Gasteiger partial charge in [0.25, 0.3) is 0 Å². The molecule has 0 aromatic heterocycles. The Kier molecular flexibility index (Phi) is 12.0. The normalized spacial score (nSPS) is 9.57. The molecule has 0 amide bonds. The number of unbranched alkanes of at least 4 members (excludes halogenated alkanes) is 5. The van der Waals surface area contributed by atoms with Gasteiger partial charge in [0.05, 0.1) is 13.2 Å². The van der Waals surface area contributed by atoms with E-state index in [9.17, 15) is 0 Å². The molecule has 2 nitrogen and oxygen atoms in total. The summed E-state index contributed by atoms with van der Waals surface area (Å²) in [6.45, 7) is 3.15. The largest absolute Gasteiger partial charge is 0.394 e. The highest BCUT2D eigenvalue weighted by molar-refractivity contribution is 4.98. The van der Waals surface area contributed by atoms with E-state index in [2.05, 4.69) is 18.8 Å². The first kappa shape index (κ1) is 13.5. The van der Waals surface area contributed by atoms with Gasteiger partial charge in [0, 0.05) is 6.42 Å². The summed E-state index contributed by atoms with van der Waals surface area (Å²) >= 11 is 0. The molecule has 0 aliphatic heterocycles.